The van der Waals surface area contributed by atoms with Crippen LogP contribution in [-0.4, -0.2) is 11.5 Å². The summed E-state index contributed by atoms with van der Waals surface area (Å²) >= 11 is 0. The van der Waals surface area contributed by atoms with Gasteiger partial charge in [-0.15, -0.1) is 0 Å². The standard InChI is InChI=1S/C10H16N2O/c1-8(2)10-6-5-9(12-10)4-3-7-11-13/h5-6,8,12H,3-4,7H2,1-2H3. The van der Waals surface area contributed by atoms with Gasteiger partial charge >= 0.3 is 0 Å². The number of aryl methyl sites for hydroxylation is 1. The second-order valence-corrected chi connectivity index (χ2v) is 3.55. The van der Waals surface area contributed by atoms with Crippen LogP contribution >= 0.6 is 0 Å². The Balaban J connectivity index is 2.44. The molecule has 0 aliphatic heterocycles. The van der Waals surface area contributed by atoms with Crippen molar-refractivity contribution in [3.05, 3.63) is 28.4 Å². The zero-order valence-corrected chi connectivity index (χ0v) is 8.21. The van der Waals surface area contributed by atoms with Gasteiger partial charge in [-0.05, 0) is 30.9 Å². The Morgan fingerprint density at radius 3 is 2.77 bits per heavy atom. The van der Waals surface area contributed by atoms with Gasteiger partial charge in [-0.1, -0.05) is 19.0 Å². The van der Waals surface area contributed by atoms with E-state index in [1.165, 1.54) is 11.4 Å². The van der Waals surface area contributed by atoms with Crippen molar-refractivity contribution in [2.24, 2.45) is 5.18 Å². The van der Waals surface area contributed by atoms with Crippen molar-refractivity contribution < 1.29 is 0 Å². The molecule has 0 atom stereocenters. The van der Waals surface area contributed by atoms with E-state index in [-0.39, 0.29) is 0 Å². The summed E-state index contributed by atoms with van der Waals surface area (Å²) < 4.78 is 0. The van der Waals surface area contributed by atoms with Crippen LogP contribution in [0.2, 0.25) is 0 Å². The predicted molar refractivity (Wildman–Crippen MR) is 53.9 cm³/mol. The van der Waals surface area contributed by atoms with Crippen molar-refractivity contribution in [2.45, 2.75) is 32.6 Å². The molecule has 0 aliphatic carbocycles. The quantitative estimate of drug-likeness (QED) is 0.549. The van der Waals surface area contributed by atoms with E-state index >= 15 is 0 Å². The molecule has 0 unspecified atom stereocenters. The van der Waals surface area contributed by atoms with Crippen molar-refractivity contribution in [3.63, 3.8) is 0 Å². The summed E-state index contributed by atoms with van der Waals surface area (Å²) in [5, 5.41) is 2.83. The van der Waals surface area contributed by atoms with E-state index < -0.39 is 0 Å². The summed E-state index contributed by atoms with van der Waals surface area (Å²) in [7, 11) is 0. The van der Waals surface area contributed by atoms with Crippen LogP contribution in [0.5, 0.6) is 0 Å². The summed E-state index contributed by atoms with van der Waals surface area (Å²) in [6, 6.07) is 4.19. The maximum Gasteiger partial charge on any atom is 0.0814 e. The molecule has 72 valence electrons. The van der Waals surface area contributed by atoms with Crippen LogP contribution in [0.25, 0.3) is 0 Å². The van der Waals surface area contributed by atoms with Crippen LogP contribution in [-0.2, 0) is 6.42 Å². The summed E-state index contributed by atoms with van der Waals surface area (Å²) in [6.07, 6.45) is 1.75. The predicted octanol–water partition coefficient (Wildman–Crippen LogP) is 2.84. The normalized spacial score (nSPS) is 10.7. The maximum absolute atomic E-state index is 9.85. The largest absolute Gasteiger partial charge is 0.362 e. The topological polar surface area (TPSA) is 45.2 Å². The maximum atomic E-state index is 9.85. The molecule has 0 aliphatic rings. The average Bonchev–Trinajstić information content (AvgIpc) is 2.53. The van der Waals surface area contributed by atoms with Crippen LogP contribution in [0, 0.1) is 4.91 Å². The highest BCUT2D eigenvalue weighted by Crippen LogP contribution is 2.13. The van der Waals surface area contributed by atoms with E-state index in [0.717, 1.165) is 12.8 Å². The molecule has 3 nitrogen and oxygen atoms in total. The first-order valence-corrected chi connectivity index (χ1v) is 4.71. The third-order valence-electron chi connectivity index (χ3n) is 2.09. The lowest BCUT2D eigenvalue weighted by molar-refractivity contribution is 0.787. The second-order valence-electron chi connectivity index (χ2n) is 3.55. The number of H-pyrrole nitrogens is 1. The molecule has 0 saturated heterocycles. The molecule has 1 aromatic heterocycles. The monoisotopic (exact) mass is 180 g/mol. The van der Waals surface area contributed by atoms with Crippen molar-refractivity contribution in [1.82, 2.24) is 4.98 Å². The van der Waals surface area contributed by atoms with Crippen molar-refractivity contribution in [3.8, 4) is 0 Å². The van der Waals surface area contributed by atoms with Gasteiger partial charge in [0.05, 0.1) is 6.54 Å². The molecule has 13 heavy (non-hydrogen) atoms. The number of nitrogens with zero attached hydrogens (tertiary/aromatic N) is 1. The van der Waals surface area contributed by atoms with Gasteiger partial charge in [-0.2, -0.15) is 4.91 Å². The molecule has 1 heterocycles. The number of aromatic nitrogens is 1. The third kappa shape index (κ3) is 3.01. The van der Waals surface area contributed by atoms with E-state index in [9.17, 15) is 4.91 Å². The lowest BCUT2D eigenvalue weighted by Gasteiger charge is -2.00. The van der Waals surface area contributed by atoms with E-state index in [1.54, 1.807) is 0 Å². The fourth-order valence-corrected chi connectivity index (χ4v) is 1.28. The molecule has 3 heteroatoms. The van der Waals surface area contributed by atoms with Gasteiger partial charge in [-0.25, -0.2) is 0 Å². The van der Waals surface area contributed by atoms with Crippen LogP contribution in [0.4, 0.5) is 0 Å². The summed E-state index contributed by atoms with van der Waals surface area (Å²) in [5.74, 6) is 0.540. The molecule has 0 fully saturated rings. The van der Waals surface area contributed by atoms with Crippen LogP contribution in [0.3, 0.4) is 0 Å². The van der Waals surface area contributed by atoms with Crippen LogP contribution < -0.4 is 0 Å². The zero-order chi connectivity index (χ0) is 9.68. The van der Waals surface area contributed by atoms with Gasteiger partial charge in [0.1, 0.15) is 0 Å². The van der Waals surface area contributed by atoms with E-state index in [2.05, 4.69) is 36.1 Å². The molecule has 0 saturated carbocycles. The average molecular weight is 180 g/mol. The molecule has 1 aromatic rings. The Morgan fingerprint density at radius 1 is 1.46 bits per heavy atom. The van der Waals surface area contributed by atoms with Gasteiger partial charge in [-0.3, -0.25) is 0 Å². The molecule has 1 rings (SSSR count). The lowest BCUT2D eigenvalue weighted by atomic mass is 10.1. The molecule has 0 spiro atoms. The first-order chi connectivity index (χ1) is 6.24. The smallest absolute Gasteiger partial charge is 0.0814 e. The van der Waals surface area contributed by atoms with Crippen molar-refractivity contribution >= 4 is 0 Å². The summed E-state index contributed by atoms with van der Waals surface area (Å²) in [4.78, 5) is 13.2. The molecule has 0 radical (unpaired) electrons. The van der Waals surface area contributed by atoms with E-state index in [0.29, 0.717) is 12.5 Å². The minimum atomic E-state index is 0.413. The molecule has 0 aromatic carbocycles. The lowest BCUT2D eigenvalue weighted by Crippen LogP contribution is -1.91. The van der Waals surface area contributed by atoms with Crippen molar-refractivity contribution in [2.75, 3.05) is 6.54 Å². The molecular formula is C10H16N2O. The first-order valence-electron chi connectivity index (χ1n) is 4.71. The third-order valence-corrected chi connectivity index (χ3v) is 2.09. The van der Waals surface area contributed by atoms with Gasteiger partial charge in [0, 0.05) is 11.4 Å². The summed E-state index contributed by atoms with van der Waals surface area (Å²) in [5.41, 5.74) is 2.46. The zero-order valence-electron chi connectivity index (χ0n) is 8.21. The highest BCUT2D eigenvalue weighted by atomic mass is 16.3. The van der Waals surface area contributed by atoms with Gasteiger partial charge < -0.3 is 4.98 Å². The van der Waals surface area contributed by atoms with E-state index in [1.807, 2.05) is 0 Å². The minimum absolute atomic E-state index is 0.413. The number of nitrogens with one attached hydrogen (secondary N) is 1. The number of aromatic amines is 1. The fraction of sp³-hybridized carbons (Fsp3) is 0.600. The Morgan fingerprint density at radius 2 is 2.23 bits per heavy atom. The number of nitroso groups, excluding NO2 is 1. The highest BCUT2D eigenvalue weighted by molar-refractivity contribution is 5.15. The SMILES string of the molecule is CC(C)c1ccc(CCCN=O)[nH]1. The molecular weight excluding hydrogens is 164 g/mol. The Kier molecular flexibility index (Phi) is 3.68. The Labute approximate surface area is 78.5 Å². The van der Waals surface area contributed by atoms with Crippen LogP contribution in [0.15, 0.2) is 17.3 Å². The fourth-order valence-electron chi connectivity index (χ4n) is 1.28. The second kappa shape index (κ2) is 4.80. The Hall–Kier alpha value is -1.12. The number of hydrogen-bond donors (Lipinski definition) is 1. The summed E-state index contributed by atoms with van der Waals surface area (Å²) in [6.45, 7) is 4.72. The van der Waals surface area contributed by atoms with Gasteiger partial charge in [0.25, 0.3) is 0 Å². The number of rotatable bonds is 5. The molecule has 0 bridgehead atoms. The molecule has 1 N–H and O–H groups in total. The van der Waals surface area contributed by atoms with Gasteiger partial charge in [0.2, 0.25) is 0 Å². The first kappa shape index (κ1) is 9.96. The van der Waals surface area contributed by atoms with Gasteiger partial charge in [0.15, 0.2) is 0 Å². The molecule has 0 amide bonds. The van der Waals surface area contributed by atoms with E-state index in [4.69, 9.17) is 0 Å². The van der Waals surface area contributed by atoms with Crippen molar-refractivity contribution in [1.29, 1.82) is 0 Å². The number of hydrogen-bond acceptors (Lipinski definition) is 2. The van der Waals surface area contributed by atoms with Crippen LogP contribution in [0.1, 0.15) is 37.6 Å². The highest BCUT2D eigenvalue weighted by Gasteiger charge is 2.01. The Bertz CT molecular complexity index is 266. The minimum Gasteiger partial charge on any atom is -0.362 e.